The van der Waals surface area contributed by atoms with Crippen molar-refractivity contribution in [3.05, 3.63) is 35.4 Å². The predicted molar refractivity (Wildman–Crippen MR) is 77.5 cm³/mol. The number of carboxylic acids is 1. The lowest BCUT2D eigenvalue weighted by Crippen LogP contribution is -2.39. The van der Waals surface area contributed by atoms with Crippen molar-refractivity contribution < 1.29 is 15.0 Å². The van der Waals surface area contributed by atoms with Gasteiger partial charge in [0.05, 0.1) is 6.42 Å². The summed E-state index contributed by atoms with van der Waals surface area (Å²) in [7, 11) is 0. The molecule has 3 N–H and O–H groups in total. The van der Waals surface area contributed by atoms with Gasteiger partial charge in [-0.25, -0.2) is 0 Å². The Morgan fingerprint density at radius 3 is 2.60 bits per heavy atom. The molecule has 0 spiro atoms. The summed E-state index contributed by atoms with van der Waals surface area (Å²) in [5, 5.41) is 21.8. The molecule has 0 saturated heterocycles. The zero-order chi connectivity index (χ0) is 14.4. The number of nitrogens with one attached hydrogen (secondary N) is 1. The van der Waals surface area contributed by atoms with Crippen LogP contribution in [0.1, 0.15) is 36.8 Å². The van der Waals surface area contributed by atoms with Crippen molar-refractivity contribution in [2.75, 3.05) is 6.61 Å². The second-order valence-corrected chi connectivity index (χ2v) is 5.55. The Bertz CT molecular complexity index is 447. The molecule has 1 aliphatic carbocycles. The summed E-state index contributed by atoms with van der Waals surface area (Å²) in [5.74, 6) is -0.473. The fourth-order valence-electron chi connectivity index (χ4n) is 3.00. The number of benzene rings is 1. The van der Waals surface area contributed by atoms with Crippen LogP contribution in [0.4, 0.5) is 0 Å². The van der Waals surface area contributed by atoms with E-state index in [0.717, 1.165) is 24.0 Å². The summed E-state index contributed by atoms with van der Waals surface area (Å²) in [6.07, 6.45) is 4.62. The fraction of sp³-hybridized carbons (Fsp3) is 0.562. The lowest BCUT2D eigenvalue weighted by Gasteiger charge is -2.31. The van der Waals surface area contributed by atoms with E-state index in [0.29, 0.717) is 18.5 Å². The zero-order valence-electron chi connectivity index (χ0n) is 11.7. The van der Waals surface area contributed by atoms with Crippen LogP contribution < -0.4 is 5.32 Å². The van der Waals surface area contributed by atoms with Crippen LogP contribution in [0, 0.1) is 5.92 Å². The molecule has 0 aromatic heterocycles. The number of aliphatic hydroxyl groups is 1. The molecule has 2 atom stereocenters. The number of aliphatic hydroxyl groups excluding tert-OH is 1. The van der Waals surface area contributed by atoms with Crippen molar-refractivity contribution >= 4 is 5.97 Å². The van der Waals surface area contributed by atoms with Gasteiger partial charge in [0.25, 0.3) is 0 Å². The molecule has 0 bridgehead atoms. The van der Waals surface area contributed by atoms with Crippen molar-refractivity contribution in [3.63, 3.8) is 0 Å². The Morgan fingerprint density at radius 1 is 1.20 bits per heavy atom. The van der Waals surface area contributed by atoms with Crippen LogP contribution in [0.15, 0.2) is 24.3 Å². The van der Waals surface area contributed by atoms with Gasteiger partial charge in [0.2, 0.25) is 0 Å². The van der Waals surface area contributed by atoms with E-state index in [9.17, 15) is 9.90 Å². The number of hydrogen-bond acceptors (Lipinski definition) is 3. The highest BCUT2D eigenvalue weighted by Gasteiger charge is 2.23. The van der Waals surface area contributed by atoms with Crippen LogP contribution >= 0.6 is 0 Å². The normalized spacial score (nSPS) is 22.6. The highest BCUT2D eigenvalue weighted by atomic mass is 16.4. The monoisotopic (exact) mass is 277 g/mol. The molecule has 1 saturated carbocycles. The first-order valence-corrected chi connectivity index (χ1v) is 7.33. The van der Waals surface area contributed by atoms with Gasteiger partial charge in [0, 0.05) is 19.2 Å². The molecule has 1 aromatic rings. The third kappa shape index (κ3) is 4.05. The van der Waals surface area contributed by atoms with Gasteiger partial charge < -0.3 is 15.5 Å². The van der Waals surface area contributed by atoms with E-state index in [1.807, 2.05) is 24.3 Å². The van der Waals surface area contributed by atoms with Crippen molar-refractivity contribution in [2.45, 2.75) is 44.7 Å². The first kappa shape index (κ1) is 15.0. The molecule has 1 aliphatic rings. The van der Waals surface area contributed by atoms with Crippen molar-refractivity contribution in [1.82, 2.24) is 5.32 Å². The molecule has 20 heavy (non-hydrogen) atoms. The van der Waals surface area contributed by atoms with Crippen LogP contribution in [0.3, 0.4) is 0 Å². The summed E-state index contributed by atoms with van der Waals surface area (Å²) < 4.78 is 0. The summed E-state index contributed by atoms with van der Waals surface area (Å²) in [4.78, 5) is 10.9. The van der Waals surface area contributed by atoms with Crippen LogP contribution in [0.2, 0.25) is 0 Å². The molecule has 4 heteroatoms. The first-order valence-electron chi connectivity index (χ1n) is 7.33. The van der Waals surface area contributed by atoms with E-state index in [-0.39, 0.29) is 13.0 Å². The lowest BCUT2D eigenvalue weighted by molar-refractivity contribution is -0.136. The molecule has 2 unspecified atom stereocenters. The van der Waals surface area contributed by atoms with Gasteiger partial charge in [-0.3, -0.25) is 4.79 Å². The highest BCUT2D eigenvalue weighted by Crippen LogP contribution is 2.24. The third-order valence-corrected chi connectivity index (χ3v) is 4.16. The Hall–Kier alpha value is -1.39. The smallest absolute Gasteiger partial charge is 0.307 e. The molecule has 0 heterocycles. The van der Waals surface area contributed by atoms with Gasteiger partial charge in [0.1, 0.15) is 0 Å². The molecule has 1 fully saturated rings. The summed E-state index contributed by atoms with van der Waals surface area (Å²) in [5.41, 5.74) is 1.90. The molecule has 1 aromatic carbocycles. The molecule has 0 aliphatic heterocycles. The van der Waals surface area contributed by atoms with E-state index >= 15 is 0 Å². The van der Waals surface area contributed by atoms with E-state index in [4.69, 9.17) is 5.11 Å². The van der Waals surface area contributed by atoms with Gasteiger partial charge in [-0.1, -0.05) is 37.1 Å². The van der Waals surface area contributed by atoms with Crippen LogP contribution in [-0.4, -0.2) is 28.8 Å². The average molecular weight is 277 g/mol. The van der Waals surface area contributed by atoms with Gasteiger partial charge in [-0.2, -0.15) is 0 Å². The topological polar surface area (TPSA) is 69.6 Å². The number of aliphatic carboxylic acids is 1. The highest BCUT2D eigenvalue weighted by molar-refractivity contribution is 5.70. The lowest BCUT2D eigenvalue weighted by atomic mass is 9.85. The number of hydrogen-bond donors (Lipinski definition) is 3. The van der Waals surface area contributed by atoms with Crippen LogP contribution in [0.5, 0.6) is 0 Å². The van der Waals surface area contributed by atoms with Crippen molar-refractivity contribution in [1.29, 1.82) is 0 Å². The minimum Gasteiger partial charge on any atom is -0.481 e. The molecule has 0 radical (unpaired) electrons. The third-order valence-electron chi connectivity index (χ3n) is 4.16. The first-order chi connectivity index (χ1) is 9.70. The maximum absolute atomic E-state index is 10.9. The second kappa shape index (κ2) is 7.41. The summed E-state index contributed by atoms with van der Waals surface area (Å²) in [6, 6.07) is 8.00. The van der Waals surface area contributed by atoms with Crippen molar-refractivity contribution in [2.24, 2.45) is 5.92 Å². The maximum Gasteiger partial charge on any atom is 0.307 e. The zero-order valence-corrected chi connectivity index (χ0v) is 11.7. The summed E-state index contributed by atoms with van der Waals surface area (Å²) >= 11 is 0. The molecule has 2 rings (SSSR count). The number of carbonyl (C=O) groups is 1. The SMILES string of the molecule is O=C(O)Cc1ccccc1CNC1CCCCC1CO. The maximum atomic E-state index is 10.9. The molecule has 0 amide bonds. The Morgan fingerprint density at radius 2 is 1.90 bits per heavy atom. The van der Waals surface area contributed by atoms with Gasteiger partial charge in [-0.15, -0.1) is 0 Å². The Balaban J connectivity index is 1.97. The predicted octanol–water partition coefficient (Wildman–Crippen LogP) is 1.95. The Labute approximate surface area is 119 Å². The van der Waals surface area contributed by atoms with Gasteiger partial charge in [-0.05, 0) is 29.9 Å². The van der Waals surface area contributed by atoms with E-state index in [2.05, 4.69) is 5.32 Å². The molecular weight excluding hydrogens is 254 g/mol. The minimum absolute atomic E-state index is 0.0615. The van der Waals surface area contributed by atoms with Crippen LogP contribution in [-0.2, 0) is 17.8 Å². The van der Waals surface area contributed by atoms with E-state index in [1.165, 1.54) is 12.8 Å². The quantitative estimate of drug-likeness (QED) is 0.743. The van der Waals surface area contributed by atoms with Gasteiger partial charge in [0.15, 0.2) is 0 Å². The largest absolute Gasteiger partial charge is 0.481 e. The van der Waals surface area contributed by atoms with Crippen LogP contribution in [0.25, 0.3) is 0 Å². The minimum atomic E-state index is -0.802. The molecule has 110 valence electrons. The van der Waals surface area contributed by atoms with E-state index in [1.54, 1.807) is 0 Å². The Kier molecular flexibility index (Phi) is 5.56. The molecular formula is C16H23NO3. The average Bonchev–Trinajstić information content (AvgIpc) is 2.46. The second-order valence-electron chi connectivity index (χ2n) is 5.55. The number of rotatable bonds is 6. The van der Waals surface area contributed by atoms with Gasteiger partial charge >= 0.3 is 5.97 Å². The number of carboxylic acid groups (broad SMARTS) is 1. The van der Waals surface area contributed by atoms with Crippen molar-refractivity contribution in [3.8, 4) is 0 Å². The fourth-order valence-corrected chi connectivity index (χ4v) is 3.00. The summed E-state index contributed by atoms with van der Waals surface area (Å²) in [6.45, 7) is 0.902. The van der Waals surface area contributed by atoms with E-state index < -0.39 is 5.97 Å². The standard InChI is InChI=1S/C16H23NO3/c18-11-14-7-3-4-8-15(14)17-10-13-6-2-1-5-12(13)9-16(19)20/h1-2,5-6,14-15,17-18H,3-4,7-11H2,(H,19,20). The molecule has 4 nitrogen and oxygen atoms in total.